The van der Waals surface area contributed by atoms with Crippen LogP contribution >= 0.6 is 22.9 Å². The van der Waals surface area contributed by atoms with Crippen LogP contribution in [0.5, 0.6) is 0 Å². The van der Waals surface area contributed by atoms with Gasteiger partial charge in [-0.1, -0.05) is 11.6 Å². The van der Waals surface area contributed by atoms with Gasteiger partial charge in [-0.25, -0.2) is 0 Å². The number of carboxylic acids is 1. The Morgan fingerprint density at radius 2 is 2.14 bits per heavy atom. The van der Waals surface area contributed by atoms with E-state index < -0.39 is 12.0 Å². The molecule has 0 radical (unpaired) electrons. The number of thiophene rings is 1. The number of likely N-dealkylation sites (tertiary alicyclic amines) is 1. The first-order valence-electron chi connectivity index (χ1n) is 6.99. The van der Waals surface area contributed by atoms with E-state index in [0.717, 1.165) is 19.4 Å². The molecule has 0 unspecified atom stereocenters. The highest BCUT2D eigenvalue weighted by Gasteiger charge is 2.44. The molecule has 1 spiro atoms. The molecule has 0 aliphatic carbocycles. The Labute approximate surface area is 131 Å². The molecule has 21 heavy (non-hydrogen) atoms. The van der Waals surface area contributed by atoms with Crippen LogP contribution in [-0.2, 0) is 4.79 Å². The molecule has 0 saturated carbocycles. The lowest BCUT2D eigenvalue weighted by Crippen LogP contribution is -2.43. The maximum absolute atomic E-state index is 12.4. The lowest BCUT2D eigenvalue weighted by atomic mass is 9.76. The summed E-state index contributed by atoms with van der Waals surface area (Å²) in [4.78, 5) is 25.9. The monoisotopic (exact) mass is 328 g/mol. The van der Waals surface area contributed by atoms with Gasteiger partial charge in [0.1, 0.15) is 10.9 Å². The number of halogens is 1. The van der Waals surface area contributed by atoms with Gasteiger partial charge in [0, 0.05) is 19.6 Å². The third kappa shape index (κ3) is 2.80. The van der Waals surface area contributed by atoms with Crippen molar-refractivity contribution in [3.05, 3.63) is 21.3 Å². The van der Waals surface area contributed by atoms with Crippen molar-refractivity contribution in [3.8, 4) is 0 Å². The molecule has 7 heteroatoms. The summed E-state index contributed by atoms with van der Waals surface area (Å²) in [5.74, 6) is -0.790. The van der Waals surface area contributed by atoms with E-state index in [0.29, 0.717) is 29.4 Å². The number of aliphatic carboxylic acids is 1. The maximum Gasteiger partial charge on any atom is 0.320 e. The fourth-order valence-electron chi connectivity index (χ4n) is 3.25. The zero-order valence-electron chi connectivity index (χ0n) is 11.5. The number of rotatable bonds is 2. The average Bonchev–Trinajstić information content (AvgIpc) is 3.06. The highest BCUT2D eigenvalue weighted by molar-refractivity contribution is 7.12. The van der Waals surface area contributed by atoms with Crippen LogP contribution in [0.25, 0.3) is 0 Å². The Bertz CT molecular complexity index is 566. The van der Waals surface area contributed by atoms with Gasteiger partial charge in [0.15, 0.2) is 0 Å². The molecule has 2 aliphatic rings. The van der Waals surface area contributed by atoms with Crippen molar-refractivity contribution in [2.24, 2.45) is 5.41 Å². The molecule has 1 aromatic heterocycles. The van der Waals surface area contributed by atoms with Crippen LogP contribution < -0.4 is 5.32 Å². The van der Waals surface area contributed by atoms with Crippen LogP contribution in [0.1, 0.15) is 28.9 Å². The van der Waals surface area contributed by atoms with Crippen molar-refractivity contribution >= 4 is 34.8 Å². The lowest BCUT2D eigenvalue weighted by Gasteiger charge is -2.38. The quantitative estimate of drug-likeness (QED) is 0.872. The van der Waals surface area contributed by atoms with Crippen LogP contribution in [0.4, 0.5) is 0 Å². The Balaban J connectivity index is 1.62. The van der Waals surface area contributed by atoms with Gasteiger partial charge in [-0.15, -0.1) is 11.3 Å². The molecule has 5 nitrogen and oxygen atoms in total. The first kappa shape index (κ1) is 14.8. The second kappa shape index (κ2) is 5.59. The second-order valence-electron chi connectivity index (χ2n) is 5.87. The number of nitrogens with one attached hydrogen (secondary N) is 1. The normalized spacial score (nSPS) is 24.4. The van der Waals surface area contributed by atoms with Crippen molar-refractivity contribution in [2.75, 3.05) is 19.6 Å². The van der Waals surface area contributed by atoms with Gasteiger partial charge >= 0.3 is 5.97 Å². The minimum absolute atomic E-state index is 0.00871. The number of hydrogen-bond acceptors (Lipinski definition) is 4. The van der Waals surface area contributed by atoms with Crippen LogP contribution in [-0.4, -0.2) is 47.6 Å². The highest BCUT2D eigenvalue weighted by atomic mass is 35.5. The molecule has 0 aromatic carbocycles. The summed E-state index contributed by atoms with van der Waals surface area (Å²) in [6, 6.07) is 1.29. The van der Waals surface area contributed by atoms with Gasteiger partial charge < -0.3 is 15.3 Å². The van der Waals surface area contributed by atoms with E-state index in [4.69, 9.17) is 16.7 Å². The molecule has 0 bridgehead atoms. The van der Waals surface area contributed by atoms with Crippen LogP contribution in [0.3, 0.4) is 0 Å². The van der Waals surface area contributed by atoms with E-state index in [-0.39, 0.29) is 11.3 Å². The summed E-state index contributed by atoms with van der Waals surface area (Å²) >= 11 is 7.38. The minimum Gasteiger partial charge on any atom is -0.480 e. The van der Waals surface area contributed by atoms with Gasteiger partial charge in [0.05, 0.1) is 5.02 Å². The summed E-state index contributed by atoms with van der Waals surface area (Å²) in [6.45, 7) is 2.06. The Hall–Kier alpha value is -1.11. The number of nitrogens with zero attached hydrogens (tertiary/aromatic N) is 1. The zero-order valence-corrected chi connectivity index (χ0v) is 13.0. The van der Waals surface area contributed by atoms with E-state index >= 15 is 0 Å². The fourth-order valence-corrected chi connectivity index (χ4v) is 4.35. The predicted octanol–water partition coefficient (Wildman–Crippen LogP) is 2.07. The van der Waals surface area contributed by atoms with Gasteiger partial charge in [0.2, 0.25) is 0 Å². The van der Waals surface area contributed by atoms with E-state index in [2.05, 4.69) is 5.32 Å². The van der Waals surface area contributed by atoms with Gasteiger partial charge in [0.25, 0.3) is 5.91 Å². The first-order chi connectivity index (χ1) is 10.0. The average molecular weight is 329 g/mol. The number of carbonyl (C=O) groups excluding carboxylic acids is 1. The summed E-state index contributed by atoms with van der Waals surface area (Å²) in [5.41, 5.74) is 0.0269. The molecule has 1 atom stereocenters. The maximum atomic E-state index is 12.4. The Morgan fingerprint density at radius 1 is 1.43 bits per heavy atom. The number of carboxylic acid groups (broad SMARTS) is 1. The van der Waals surface area contributed by atoms with Crippen LogP contribution in [0.15, 0.2) is 11.4 Å². The number of hydrogen-bond donors (Lipinski definition) is 2. The Kier molecular flexibility index (Phi) is 3.94. The first-order valence-corrected chi connectivity index (χ1v) is 8.25. The minimum atomic E-state index is -0.782. The lowest BCUT2D eigenvalue weighted by molar-refractivity contribution is -0.139. The van der Waals surface area contributed by atoms with Crippen molar-refractivity contribution in [2.45, 2.75) is 25.3 Å². The van der Waals surface area contributed by atoms with E-state index in [9.17, 15) is 9.59 Å². The van der Waals surface area contributed by atoms with Crippen molar-refractivity contribution in [1.82, 2.24) is 10.2 Å². The largest absolute Gasteiger partial charge is 0.480 e. The van der Waals surface area contributed by atoms with Crippen molar-refractivity contribution in [1.29, 1.82) is 0 Å². The SMILES string of the molecule is O=C(O)[C@@H]1CC2(CCN(C(=O)c3sccc3Cl)CC2)CN1. The number of piperidine rings is 1. The molecular weight excluding hydrogens is 312 g/mol. The zero-order chi connectivity index (χ0) is 15.0. The smallest absolute Gasteiger partial charge is 0.320 e. The van der Waals surface area contributed by atoms with E-state index in [1.807, 2.05) is 10.3 Å². The standard InChI is InChI=1S/C14H17ClN2O3S/c15-9-1-6-21-11(9)12(18)17-4-2-14(3-5-17)7-10(13(19)20)16-8-14/h1,6,10,16H,2-5,7-8H2,(H,19,20)/t10-/m0/s1. The van der Waals surface area contributed by atoms with Crippen LogP contribution in [0, 0.1) is 5.41 Å². The molecule has 1 amide bonds. The summed E-state index contributed by atoms with van der Waals surface area (Å²) < 4.78 is 0. The second-order valence-corrected chi connectivity index (χ2v) is 7.19. The molecule has 2 N–H and O–H groups in total. The molecule has 3 rings (SSSR count). The Morgan fingerprint density at radius 3 is 2.67 bits per heavy atom. The van der Waals surface area contributed by atoms with Gasteiger partial charge in [-0.05, 0) is 36.1 Å². The molecule has 2 fully saturated rings. The third-order valence-electron chi connectivity index (χ3n) is 4.58. The van der Waals surface area contributed by atoms with Gasteiger partial charge in [-0.3, -0.25) is 9.59 Å². The molecule has 3 heterocycles. The predicted molar refractivity (Wildman–Crippen MR) is 80.9 cm³/mol. The van der Waals surface area contributed by atoms with E-state index in [1.54, 1.807) is 6.07 Å². The molecule has 1 aromatic rings. The van der Waals surface area contributed by atoms with Crippen molar-refractivity contribution in [3.63, 3.8) is 0 Å². The summed E-state index contributed by atoms with van der Waals surface area (Å²) in [6.07, 6.45) is 2.35. The van der Waals surface area contributed by atoms with Crippen LogP contribution in [0.2, 0.25) is 5.02 Å². The third-order valence-corrected chi connectivity index (χ3v) is 5.91. The number of carbonyl (C=O) groups is 2. The number of amides is 1. The summed E-state index contributed by atoms with van der Waals surface area (Å²) in [5, 5.41) is 14.5. The van der Waals surface area contributed by atoms with Gasteiger partial charge in [-0.2, -0.15) is 0 Å². The topological polar surface area (TPSA) is 69.6 Å². The summed E-state index contributed by atoms with van der Waals surface area (Å²) in [7, 11) is 0. The molecular formula is C14H17ClN2O3S. The van der Waals surface area contributed by atoms with E-state index in [1.165, 1.54) is 11.3 Å². The molecule has 2 saturated heterocycles. The van der Waals surface area contributed by atoms with Crippen molar-refractivity contribution < 1.29 is 14.7 Å². The molecule has 114 valence electrons. The highest BCUT2D eigenvalue weighted by Crippen LogP contribution is 2.40. The molecule has 2 aliphatic heterocycles. The fraction of sp³-hybridized carbons (Fsp3) is 0.571.